The zero-order valence-electron chi connectivity index (χ0n) is 23.5. The summed E-state index contributed by atoms with van der Waals surface area (Å²) in [5.74, 6) is -1.96. The molecule has 0 aliphatic carbocycles. The minimum atomic E-state index is -2.59. The van der Waals surface area contributed by atoms with Crippen LogP contribution in [-0.4, -0.2) is 59.1 Å². The summed E-state index contributed by atoms with van der Waals surface area (Å²) in [6, 6.07) is 5.10. The molecule has 0 aromatic heterocycles. The molecule has 274 valence electrons. The Kier molecular flexibility index (Phi) is 32.1. The number of ether oxygens (including phenoxy) is 4. The fraction of sp³-hybridized carbons (Fsp3) is 0.280. The Bertz CT molecular complexity index is 1160. The normalized spacial score (nSPS) is 9.21. The van der Waals surface area contributed by atoms with Gasteiger partial charge >= 0.3 is 36.1 Å². The Morgan fingerprint density at radius 2 is 0.812 bits per heavy atom. The molecule has 9 nitrogen and oxygen atoms in total. The van der Waals surface area contributed by atoms with Crippen LogP contribution in [0.1, 0.15) is 20.7 Å². The number of esters is 2. The Morgan fingerprint density at radius 3 is 1.06 bits per heavy atom. The van der Waals surface area contributed by atoms with E-state index in [0.29, 0.717) is 0 Å². The quantitative estimate of drug-likeness (QED) is 0.0866. The molecule has 0 atom stereocenters. The molecule has 0 spiro atoms. The summed E-state index contributed by atoms with van der Waals surface area (Å²) in [4.78, 5) is 30.5. The van der Waals surface area contributed by atoms with E-state index in [1.165, 1.54) is 24.3 Å². The molecule has 0 aliphatic rings. The monoisotopic (exact) mass is 732 g/mol. The molecule has 2 aromatic carbocycles. The predicted molar refractivity (Wildman–Crippen MR) is 132 cm³/mol. The van der Waals surface area contributed by atoms with Crippen molar-refractivity contribution in [1.82, 2.24) is 0 Å². The van der Waals surface area contributed by atoms with Crippen molar-refractivity contribution < 1.29 is 105 Å². The van der Waals surface area contributed by atoms with Gasteiger partial charge in [0.05, 0.1) is 11.1 Å². The highest BCUT2D eigenvalue weighted by Gasteiger charge is 2.11. The topological polar surface area (TPSA) is 98.8 Å². The van der Waals surface area contributed by atoms with Crippen LogP contribution in [0.4, 0.5) is 61.9 Å². The number of halogens is 14. The Hall–Kier alpha value is -4.64. The smallest absolute Gasteiger partial charge is 0.344 e. The molecule has 0 heterocycles. The second-order valence-corrected chi connectivity index (χ2v) is 6.63. The van der Waals surface area contributed by atoms with Crippen molar-refractivity contribution in [2.75, 3.05) is 47.1 Å². The highest BCUT2D eigenvalue weighted by atomic mass is 19.3. The van der Waals surface area contributed by atoms with Crippen LogP contribution in [0.3, 0.4) is 0 Å². The number of benzene rings is 2. The van der Waals surface area contributed by atoms with Crippen molar-refractivity contribution in [3.63, 3.8) is 0 Å². The molecular formula is C25H22F14O9. The Labute approximate surface area is 260 Å². The molecule has 0 aliphatic heterocycles. The van der Waals surface area contributed by atoms with Crippen molar-refractivity contribution >= 4 is 11.9 Å². The molecule has 0 fully saturated rings. The van der Waals surface area contributed by atoms with E-state index in [0.717, 1.165) is 24.3 Å². The van der Waals surface area contributed by atoms with Crippen LogP contribution in [0.15, 0.2) is 72.7 Å². The summed E-state index contributed by atoms with van der Waals surface area (Å²) in [6.45, 7) is -6.31. The molecule has 0 N–H and O–H groups in total. The molecule has 48 heavy (non-hydrogen) atoms. The minimum absolute atomic E-state index is 0.0660. The molecular weight excluding hydrogens is 710 g/mol. The van der Waals surface area contributed by atoms with Gasteiger partial charge in [0.2, 0.25) is 20.6 Å². The zero-order valence-corrected chi connectivity index (χ0v) is 23.5. The Morgan fingerprint density at radius 1 is 0.500 bits per heavy atom. The van der Waals surface area contributed by atoms with E-state index in [9.17, 15) is 71.5 Å². The molecule has 23 heteroatoms. The highest BCUT2D eigenvalue weighted by Crippen LogP contribution is 2.20. The van der Waals surface area contributed by atoms with Gasteiger partial charge in [-0.3, -0.25) is 0 Å². The highest BCUT2D eigenvalue weighted by molar-refractivity contribution is 5.90. The van der Waals surface area contributed by atoms with Crippen molar-refractivity contribution in [2.45, 2.75) is 0 Å². The standard InChI is InChI=1S/C11H8F4O4.C11H8F4O3.2CH2F2O.CH2F2/c12-9(13)10(14)19-8-3-1-7(2-4-8)11(16)17-5-6-18-15;12-5-6-17-11(16)7-1-3-8(4-2-7)18-10(15)9(13)14;2*2-1-4-3;2-1-3/h1-4H,5-6H2;1-4H,5-6H2;2*1H2;1H2. The van der Waals surface area contributed by atoms with Crippen molar-refractivity contribution in [1.29, 1.82) is 0 Å². The number of hydrogen-bond acceptors (Lipinski definition) is 9. The third kappa shape index (κ3) is 26.6. The van der Waals surface area contributed by atoms with E-state index in [-0.39, 0.29) is 35.8 Å². The first kappa shape index (κ1) is 47.8. The van der Waals surface area contributed by atoms with Crippen LogP contribution in [0, 0.1) is 0 Å². The van der Waals surface area contributed by atoms with E-state index < -0.39 is 70.1 Å². The van der Waals surface area contributed by atoms with Gasteiger partial charge in [-0.25, -0.2) is 31.5 Å². The lowest BCUT2D eigenvalue weighted by atomic mass is 10.2. The number of carbonyl (C=O) groups is 2. The van der Waals surface area contributed by atoms with Gasteiger partial charge < -0.3 is 18.9 Å². The number of rotatable bonds is 13. The van der Waals surface area contributed by atoms with E-state index in [1.54, 1.807) is 0 Å². The summed E-state index contributed by atoms with van der Waals surface area (Å²) >= 11 is 0. The second-order valence-electron chi connectivity index (χ2n) is 6.63. The predicted octanol–water partition coefficient (Wildman–Crippen LogP) is 8.90. The third-order valence-corrected chi connectivity index (χ3v) is 3.68. The maximum Gasteiger partial charge on any atom is 0.344 e. The largest absolute Gasteiger partial charge is 0.460 e. The van der Waals surface area contributed by atoms with Gasteiger partial charge in [-0.15, -0.1) is 0 Å². The van der Waals surface area contributed by atoms with Gasteiger partial charge in [0, 0.05) is 0 Å². The van der Waals surface area contributed by atoms with Crippen molar-refractivity contribution in [3.8, 4) is 11.5 Å². The first-order valence-corrected chi connectivity index (χ1v) is 11.7. The minimum Gasteiger partial charge on any atom is -0.460 e. The fourth-order valence-electron chi connectivity index (χ4n) is 2.07. The van der Waals surface area contributed by atoms with Crippen LogP contribution >= 0.6 is 0 Å². The SMILES string of the molecule is FCF.FCOF.FCOF.O=C(OCCF)c1ccc(OC(F)=C(F)F)cc1.O=C(OCCOF)c1ccc(OC(F)=C(F)F)cc1. The van der Waals surface area contributed by atoms with Crippen molar-refractivity contribution in [2.24, 2.45) is 0 Å². The summed E-state index contributed by atoms with van der Waals surface area (Å²) in [7, 11) is 0. The van der Waals surface area contributed by atoms with Crippen LogP contribution in [-0.2, 0) is 24.3 Å². The van der Waals surface area contributed by atoms with E-state index >= 15 is 0 Å². The zero-order chi connectivity index (χ0) is 37.3. The van der Waals surface area contributed by atoms with Crippen molar-refractivity contribution in [3.05, 3.63) is 83.8 Å². The number of alkyl halides is 5. The van der Waals surface area contributed by atoms with Gasteiger partial charge in [-0.05, 0) is 62.1 Å². The molecule has 2 rings (SSSR count). The Balaban J connectivity index is -0.000000646. The van der Waals surface area contributed by atoms with E-state index in [1.807, 2.05) is 0 Å². The van der Waals surface area contributed by atoms with Gasteiger partial charge in [-0.1, -0.05) is 0 Å². The third-order valence-electron chi connectivity index (χ3n) is 3.68. The van der Waals surface area contributed by atoms with Gasteiger partial charge in [0.25, 0.3) is 0 Å². The van der Waals surface area contributed by atoms with Crippen LogP contribution in [0.5, 0.6) is 11.5 Å². The molecule has 0 unspecified atom stereocenters. The van der Waals surface area contributed by atoms with E-state index in [4.69, 9.17) is 0 Å². The summed E-state index contributed by atoms with van der Waals surface area (Å²) in [5, 5.41) is 0. The molecule has 0 radical (unpaired) electrons. The molecule has 0 amide bonds. The molecule has 0 bridgehead atoms. The molecule has 2 aromatic rings. The maximum atomic E-state index is 12.4. The fourth-order valence-corrected chi connectivity index (χ4v) is 2.07. The van der Waals surface area contributed by atoms with E-state index in [2.05, 4.69) is 33.8 Å². The first-order valence-electron chi connectivity index (χ1n) is 11.7. The maximum absolute atomic E-state index is 12.4. The lowest BCUT2D eigenvalue weighted by Crippen LogP contribution is -2.09. The average molecular weight is 732 g/mol. The summed E-state index contributed by atoms with van der Waals surface area (Å²) in [6.07, 6.45) is -5.17. The van der Waals surface area contributed by atoms with Gasteiger partial charge in [-0.2, -0.15) is 41.2 Å². The van der Waals surface area contributed by atoms with Crippen LogP contribution in [0.2, 0.25) is 0 Å². The first-order chi connectivity index (χ1) is 22.8. The summed E-state index contributed by atoms with van der Waals surface area (Å²) in [5.41, 5.74) is 0.136. The van der Waals surface area contributed by atoms with Crippen LogP contribution in [0.25, 0.3) is 0 Å². The van der Waals surface area contributed by atoms with Gasteiger partial charge in [0.1, 0.15) is 38.0 Å². The number of hydrogen-bond donors (Lipinski definition) is 0. The lowest BCUT2D eigenvalue weighted by molar-refractivity contribution is -0.167. The summed E-state index contributed by atoms with van der Waals surface area (Å²) < 4.78 is 171. The average Bonchev–Trinajstić information content (AvgIpc) is 3.08. The second kappa shape index (κ2) is 32.3. The molecule has 0 saturated heterocycles. The molecule has 0 saturated carbocycles. The number of carbonyl (C=O) groups excluding carboxylic acids is 2. The lowest BCUT2D eigenvalue weighted by Gasteiger charge is -2.05. The van der Waals surface area contributed by atoms with Gasteiger partial charge in [0.15, 0.2) is 0 Å². The van der Waals surface area contributed by atoms with Crippen LogP contribution < -0.4 is 9.47 Å².